The summed E-state index contributed by atoms with van der Waals surface area (Å²) in [5, 5.41) is 0.175. The highest BCUT2D eigenvalue weighted by Crippen LogP contribution is 2.38. The second-order valence-electron chi connectivity index (χ2n) is 9.17. The average molecular weight is 483 g/mol. The minimum atomic E-state index is -2.09. The van der Waals surface area contributed by atoms with Crippen molar-refractivity contribution in [2.45, 2.75) is 63.4 Å². The molecule has 2 aromatic rings. The summed E-state index contributed by atoms with van der Waals surface area (Å²) in [7, 11) is -0.582. The average Bonchev–Trinajstić information content (AvgIpc) is 3.34. The molecule has 0 amide bonds. The van der Waals surface area contributed by atoms with Crippen LogP contribution in [0.25, 0.3) is 0 Å². The van der Waals surface area contributed by atoms with Crippen molar-refractivity contribution in [1.82, 2.24) is 19.1 Å². The molecule has 2 unspecified atom stereocenters. The van der Waals surface area contributed by atoms with E-state index in [1.54, 1.807) is 17.0 Å². The van der Waals surface area contributed by atoms with Gasteiger partial charge in [-0.2, -0.15) is 0 Å². The van der Waals surface area contributed by atoms with Crippen LogP contribution < -0.4 is 11.2 Å². The molecule has 1 fully saturated rings. The summed E-state index contributed by atoms with van der Waals surface area (Å²) in [6.45, 7) is 11.0. The van der Waals surface area contributed by atoms with Crippen LogP contribution in [0.1, 0.15) is 27.0 Å². The van der Waals surface area contributed by atoms with Crippen LogP contribution in [0.4, 0.5) is 0 Å². The molecule has 3 rings (SSSR count). The van der Waals surface area contributed by atoms with Crippen molar-refractivity contribution in [3.8, 4) is 0 Å². The Morgan fingerprint density at radius 3 is 2.56 bits per heavy atom. The maximum Gasteiger partial charge on any atom is 0.330 e. The third-order valence-corrected chi connectivity index (χ3v) is 10.9. The van der Waals surface area contributed by atoms with E-state index in [1.165, 1.54) is 30.3 Å². The minimum Gasteiger partial charge on any atom is -0.461 e. The number of rotatable bonds is 6. The Balaban J connectivity index is 1.91. The van der Waals surface area contributed by atoms with Gasteiger partial charge >= 0.3 is 5.69 Å². The smallest absolute Gasteiger partial charge is 0.330 e. The lowest BCUT2D eigenvalue weighted by atomic mass is 10.1. The summed E-state index contributed by atoms with van der Waals surface area (Å²) in [6, 6.07) is 1.25. The molecule has 2 aromatic heterocycles. The van der Waals surface area contributed by atoms with Crippen molar-refractivity contribution in [2.75, 3.05) is 13.7 Å². The van der Waals surface area contributed by atoms with E-state index in [0.717, 1.165) is 0 Å². The highest BCUT2D eigenvalue weighted by atomic mass is 32.1. The molecular weight excluding hydrogens is 452 g/mol. The lowest BCUT2D eigenvalue weighted by Crippen LogP contribution is -2.46. The molecule has 176 valence electrons. The molecule has 1 N–H and O–H groups in total. The van der Waals surface area contributed by atoms with Gasteiger partial charge in [-0.05, 0) is 30.4 Å². The normalized spacial score (nSPS) is 23.9. The summed E-state index contributed by atoms with van der Waals surface area (Å²) in [6.07, 6.45) is 3.41. The van der Waals surface area contributed by atoms with Gasteiger partial charge in [0.15, 0.2) is 20.6 Å². The molecule has 1 saturated heterocycles. The molecule has 12 heteroatoms. The van der Waals surface area contributed by atoms with Gasteiger partial charge in [0.25, 0.3) is 10.7 Å². The summed E-state index contributed by atoms with van der Waals surface area (Å²) >= 11 is 5.42. The van der Waals surface area contributed by atoms with E-state index in [4.69, 9.17) is 30.9 Å². The Kier molecular flexibility index (Phi) is 7.20. The highest BCUT2D eigenvalue weighted by Gasteiger charge is 2.50. The lowest BCUT2D eigenvalue weighted by molar-refractivity contribution is -0.0613. The number of nitrogens with one attached hydrogen (secondary N) is 1. The molecule has 1 aliphatic heterocycles. The molecule has 0 spiro atoms. The molecule has 0 radical (unpaired) electrons. The van der Waals surface area contributed by atoms with Crippen molar-refractivity contribution in [2.24, 2.45) is 0 Å². The van der Waals surface area contributed by atoms with E-state index in [9.17, 15) is 9.59 Å². The molecule has 4 atom stereocenters. The standard InChI is InChI=1S/C20H30N4O6SSi/c1-20(2,3)32(5,6)28-11-13-15(30-19(31)23-10-8-21-12-23)16(27-4)17(29-13)24-9-7-14(25)22-18(24)26/h7-10,12-13,15-17H,11H2,1-6H3,(H,22,25,26)/t13-,15?,16?,17-/m1/s1. The molecule has 0 bridgehead atoms. The van der Waals surface area contributed by atoms with E-state index >= 15 is 0 Å². The number of nitrogens with zero attached hydrogens (tertiary/aromatic N) is 3. The van der Waals surface area contributed by atoms with E-state index < -0.39 is 44.1 Å². The van der Waals surface area contributed by atoms with Crippen molar-refractivity contribution < 1.29 is 18.6 Å². The van der Waals surface area contributed by atoms with E-state index in [-0.39, 0.29) is 16.8 Å². The fourth-order valence-electron chi connectivity index (χ4n) is 3.14. The largest absolute Gasteiger partial charge is 0.461 e. The molecule has 0 aliphatic carbocycles. The van der Waals surface area contributed by atoms with Crippen LogP contribution in [0.5, 0.6) is 0 Å². The predicted octanol–water partition coefficient (Wildman–Crippen LogP) is 1.89. The number of H-pyrrole nitrogens is 1. The summed E-state index contributed by atoms with van der Waals surface area (Å²) in [5.74, 6) is 0. The van der Waals surface area contributed by atoms with E-state index in [1.807, 2.05) is 0 Å². The minimum absolute atomic E-state index is 0.00395. The predicted molar refractivity (Wildman–Crippen MR) is 124 cm³/mol. The van der Waals surface area contributed by atoms with Crippen LogP contribution in [-0.4, -0.2) is 64.6 Å². The third-order valence-electron chi connectivity index (χ3n) is 6.05. The van der Waals surface area contributed by atoms with E-state index in [2.05, 4.69) is 43.8 Å². The molecule has 32 heavy (non-hydrogen) atoms. The fourth-order valence-corrected chi connectivity index (χ4v) is 4.37. The number of ether oxygens (including phenoxy) is 3. The quantitative estimate of drug-likeness (QED) is 0.491. The van der Waals surface area contributed by atoms with Crippen molar-refractivity contribution in [1.29, 1.82) is 0 Å². The number of hydrogen-bond donors (Lipinski definition) is 1. The number of thiocarbonyl (C=S) groups is 1. The number of methoxy groups -OCH3 is 1. The SMILES string of the molecule is COC1C(OC(=S)n2ccnc2)[C@@H](CO[Si](C)(C)C(C)(C)C)O[C@H]1n1ccc(=O)[nH]c1=O. The zero-order chi connectivity index (χ0) is 23.7. The maximum absolute atomic E-state index is 12.4. The molecule has 0 saturated carbocycles. The Bertz CT molecular complexity index is 1050. The van der Waals surface area contributed by atoms with Gasteiger partial charge in [-0.1, -0.05) is 20.8 Å². The third kappa shape index (κ3) is 5.09. The second kappa shape index (κ2) is 9.39. The Hall–Kier alpha value is -2.12. The molecule has 3 heterocycles. The Morgan fingerprint density at radius 2 is 2.00 bits per heavy atom. The first-order valence-corrected chi connectivity index (χ1v) is 13.6. The summed E-state index contributed by atoms with van der Waals surface area (Å²) < 4.78 is 27.2. The maximum atomic E-state index is 12.4. The van der Waals surface area contributed by atoms with Gasteiger partial charge in [0.05, 0.1) is 6.61 Å². The van der Waals surface area contributed by atoms with Crippen LogP contribution in [0.3, 0.4) is 0 Å². The number of aromatic amines is 1. The van der Waals surface area contributed by atoms with Gasteiger partial charge in [-0.25, -0.2) is 9.78 Å². The van der Waals surface area contributed by atoms with Gasteiger partial charge < -0.3 is 18.6 Å². The van der Waals surface area contributed by atoms with Crippen LogP contribution in [0, 0.1) is 0 Å². The Morgan fingerprint density at radius 1 is 1.28 bits per heavy atom. The van der Waals surface area contributed by atoms with Crippen LogP contribution in [-0.2, 0) is 18.6 Å². The van der Waals surface area contributed by atoms with Gasteiger partial charge in [0.2, 0.25) is 0 Å². The van der Waals surface area contributed by atoms with Crippen molar-refractivity contribution >= 4 is 25.7 Å². The monoisotopic (exact) mass is 482 g/mol. The fraction of sp³-hybridized carbons (Fsp3) is 0.600. The van der Waals surface area contributed by atoms with Crippen LogP contribution in [0.2, 0.25) is 18.1 Å². The molecule has 0 aromatic carbocycles. The first-order valence-electron chi connectivity index (χ1n) is 10.3. The Labute approximate surface area is 192 Å². The molecule has 10 nitrogen and oxygen atoms in total. The van der Waals surface area contributed by atoms with Crippen LogP contribution in [0.15, 0.2) is 40.6 Å². The highest BCUT2D eigenvalue weighted by molar-refractivity contribution is 7.80. The first kappa shape index (κ1) is 24.5. The van der Waals surface area contributed by atoms with Gasteiger partial charge in [-0.3, -0.25) is 18.9 Å². The van der Waals surface area contributed by atoms with Crippen molar-refractivity contribution in [3.63, 3.8) is 0 Å². The summed E-state index contributed by atoms with van der Waals surface area (Å²) in [5.41, 5.74) is -1.10. The summed E-state index contributed by atoms with van der Waals surface area (Å²) in [4.78, 5) is 30.2. The van der Waals surface area contributed by atoms with Gasteiger partial charge in [0.1, 0.15) is 18.5 Å². The van der Waals surface area contributed by atoms with Gasteiger partial charge in [-0.15, -0.1) is 0 Å². The first-order chi connectivity index (χ1) is 14.9. The lowest BCUT2D eigenvalue weighted by Gasteiger charge is -2.37. The van der Waals surface area contributed by atoms with Crippen LogP contribution >= 0.6 is 12.2 Å². The second-order valence-corrected chi connectivity index (χ2v) is 14.3. The zero-order valence-corrected chi connectivity index (χ0v) is 20.9. The topological polar surface area (TPSA) is 110 Å². The number of imidazole rings is 1. The van der Waals surface area contributed by atoms with Crippen molar-refractivity contribution in [3.05, 3.63) is 51.8 Å². The molecule has 1 aliphatic rings. The zero-order valence-electron chi connectivity index (χ0n) is 19.1. The number of hydrogen-bond acceptors (Lipinski definition) is 8. The number of aromatic nitrogens is 4. The van der Waals surface area contributed by atoms with E-state index in [0.29, 0.717) is 0 Å². The van der Waals surface area contributed by atoms with Gasteiger partial charge in [0, 0.05) is 31.8 Å². The molecular formula is C20H30N4O6SSi.